The summed E-state index contributed by atoms with van der Waals surface area (Å²) < 4.78 is 0. The Kier molecular flexibility index (Phi) is 3.05. The topological polar surface area (TPSA) is 101 Å². The van der Waals surface area contributed by atoms with Crippen molar-refractivity contribution in [3.63, 3.8) is 0 Å². The Morgan fingerprint density at radius 1 is 1.50 bits per heavy atom. The highest BCUT2D eigenvalue weighted by atomic mass is 16.6. The second kappa shape index (κ2) is 4.66. The van der Waals surface area contributed by atoms with E-state index in [1.807, 2.05) is 0 Å². The number of benzene rings is 1. The van der Waals surface area contributed by atoms with E-state index in [1.54, 1.807) is 13.1 Å². The zero-order valence-corrected chi connectivity index (χ0v) is 9.51. The Labute approximate surface area is 102 Å². The van der Waals surface area contributed by atoms with Gasteiger partial charge >= 0.3 is 0 Å². The van der Waals surface area contributed by atoms with Crippen molar-refractivity contribution in [3.05, 3.63) is 51.7 Å². The van der Waals surface area contributed by atoms with Gasteiger partial charge in [-0.2, -0.15) is 5.10 Å². The van der Waals surface area contributed by atoms with Gasteiger partial charge in [-0.15, -0.1) is 0 Å². The summed E-state index contributed by atoms with van der Waals surface area (Å²) in [5, 5.41) is 19.6. The van der Waals surface area contributed by atoms with E-state index < -0.39 is 10.8 Å². The molecule has 0 unspecified atom stereocenters. The van der Waals surface area contributed by atoms with Gasteiger partial charge in [-0.1, -0.05) is 6.07 Å². The maximum absolute atomic E-state index is 11.9. The molecule has 0 spiro atoms. The van der Waals surface area contributed by atoms with E-state index in [0.29, 0.717) is 5.82 Å². The number of carbonyl (C=O) groups is 1. The number of nitro benzene ring substituents is 1. The highest BCUT2D eigenvalue weighted by Crippen LogP contribution is 2.15. The minimum atomic E-state index is -0.543. The van der Waals surface area contributed by atoms with Crippen LogP contribution in [0.25, 0.3) is 0 Å². The quantitative estimate of drug-likeness (QED) is 0.637. The number of aromatic nitrogens is 2. The van der Waals surface area contributed by atoms with Gasteiger partial charge in [0.05, 0.1) is 11.1 Å². The predicted molar refractivity (Wildman–Crippen MR) is 64.4 cm³/mol. The standard InChI is InChI=1S/C11H10N4O3/c1-7-6-12-14-10(7)13-11(16)8-3-2-4-9(5-8)15(17)18/h2-6H,1H3,(H2,12,13,14,16). The van der Waals surface area contributed by atoms with Crippen LogP contribution < -0.4 is 5.32 Å². The van der Waals surface area contributed by atoms with Crippen LogP contribution in [0.1, 0.15) is 15.9 Å². The summed E-state index contributed by atoms with van der Waals surface area (Å²) >= 11 is 0. The summed E-state index contributed by atoms with van der Waals surface area (Å²) in [5.41, 5.74) is 0.885. The molecule has 7 heteroatoms. The summed E-state index contributed by atoms with van der Waals surface area (Å²) in [6.07, 6.45) is 1.57. The van der Waals surface area contributed by atoms with Crippen molar-refractivity contribution in [2.45, 2.75) is 6.92 Å². The van der Waals surface area contributed by atoms with Gasteiger partial charge in [-0.25, -0.2) is 0 Å². The summed E-state index contributed by atoms with van der Waals surface area (Å²) in [7, 11) is 0. The van der Waals surface area contributed by atoms with Gasteiger partial charge in [0, 0.05) is 23.3 Å². The van der Waals surface area contributed by atoms with E-state index in [2.05, 4.69) is 15.5 Å². The molecular formula is C11H10N4O3. The molecule has 18 heavy (non-hydrogen) atoms. The SMILES string of the molecule is Cc1cn[nH]c1NC(=O)c1cccc([N+](=O)[O-])c1. The van der Waals surface area contributed by atoms with Crippen LogP contribution in [0, 0.1) is 17.0 Å². The Bertz CT molecular complexity index is 606. The van der Waals surface area contributed by atoms with Gasteiger partial charge in [-0.05, 0) is 13.0 Å². The summed E-state index contributed by atoms with van der Waals surface area (Å²) in [5.74, 6) is 0.0533. The highest BCUT2D eigenvalue weighted by molar-refractivity contribution is 6.04. The molecule has 1 aromatic heterocycles. The number of nitrogens with one attached hydrogen (secondary N) is 2. The lowest BCUT2D eigenvalue weighted by atomic mass is 10.2. The van der Waals surface area contributed by atoms with Crippen molar-refractivity contribution in [2.24, 2.45) is 0 Å². The second-order valence-electron chi connectivity index (χ2n) is 3.69. The van der Waals surface area contributed by atoms with Crippen LogP contribution in [0.15, 0.2) is 30.5 Å². The first kappa shape index (κ1) is 11.8. The van der Waals surface area contributed by atoms with Crippen LogP contribution >= 0.6 is 0 Å². The number of nitrogens with zero attached hydrogens (tertiary/aromatic N) is 2. The van der Waals surface area contributed by atoms with Gasteiger partial charge in [0.2, 0.25) is 0 Å². The summed E-state index contributed by atoms with van der Waals surface area (Å²) in [6.45, 7) is 1.78. The largest absolute Gasteiger partial charge is 0.307 e. The minimum absolute atomic E-state index is 0.121. The lowest BCUT2D eigenvalue weighted by molar-refractivity contribution is -0.384. The van der Waals surface area contributed by atoms with Crippen LogP contribution in [0.4, 0.5) is 11.5 Å². The lowest BCUT2D eigenvalue weighted by Crippen LogP contribution is -2.13. The number of non-ortho nitro benzene ring substituents is 1. The molecule has 2 N–H and O–H groups in total. The molecule has 2 rings (SSSR count). The number of aryl methyl sites for hydroxylation is 1. The Hall–Kier alpha value is -2.70. The first-order valence-electron chi connectivity index (χ1n) is 5.13. The van der Waals surface area contributed by atoms with Crippen molar-refractivity contribution in [2.75, 3.05) is 5.32 Å². The van der Waals surface area contributed by atoms with Gasteiger partial charge < -0.3 is 5.32 Å². The number of rotatable bonds is 3. The van der Waals surface area contributed by atoms with Gasteiger partial charge in [0.25, 0.3) is 11.6 Å². The Balaban J connectivity index is 2.21. The van der Waals surface area contributed by atoms with Crippen molar-refractivity contribution >= 4 is 17.4 Å². The van der Waals surface area contributed by atoms with Crippen molar-refractivity contribution in [1.82, 2.24) is 10.2 Å². The van der Waals surface area contributed by atoms with Crippen LogP contribution in [-0.4, -0.2) is 21.0 Å². The fourth-order valence-corrected chi connectivity index (χ4v) is 1.42. The van der Waals surface area contributed by atoms with Crippen LogP contribution in [0.3, 0.4) is 0 Å². The zero-order chi connectivity index (χ0) is 13.1. The molecule has 0 bridgehead atoms. The highest BCUT2D eigenvalue weighted by Gasteiger charge is 2.12. The van der Waals surface area contributed by atoms with E-state index in [9.17, 15) is 14.9 Å². The number of aromatic amines is 1. The van der Waals surface area contributed by atoms with Crippen molar-refractivity contribution in [3.8, 4) is 0 Å². The molecule has 0 fully saturated rings. The zero-order valence-electron chi connectivity index (χ0n) is 9.51. The molecule has 0 aliphatic carbocycles. The second-order valence-corrected chi connectivity index (χ2v) is 3.69. The number of amides is 1. The van der Waals surface area contributed by atoms with Gasteiger partial charge in [0.15, 0.2) is 0 Å². The van der Waals surface area contributed by atoms with E-state index in [0.717, 1.165) is 5.56 Å². The monoisotopic (exact) mass is 246 g/mol. The predicted octanol–water partition coefficient (Wildman–Crippen LogP) is 1.88. The molecule has 1 aromatic carbocycles. The fourth-order valence-electron chi connectivity index (χ4n) is 1.42. The molecule has 1 amide bonds. The van der Waals surface area contributed by atoms with Crippen molar-refractivity contribution in [1.29, 1.82) is 0 Å². The summed E-state index contributed by atoms with van der Waals surface area (Å²) in [6, 6.07) is 5.53. The molecule has 7 nitrogen and oxygen atoms in total. The Morgan fingerprint density at radius 2 is 2.28 bits per heavy atom. The molecule has 0 saturated heterocycles. The normalized spacial score (nSPS) is 10.1. The minimum Gasteiger partial charge on any atom is -0.307 e. The van der Waals surface area contributed by atoms with Crippen LogP contribution in [0.2, 0.25) is 0 Å². The number of hydrogen-bond acceptors (Lipinski definition) is 4. The van der Waals surface area contributed by atoms with E-state index in [-0.39, 0.29) is 11.3 Å². The molecule has 0 radical (unpaired) electrons. The Morgan fingerprint density at radius 3 is 2.89 bits per heavy atom. The van der Waals surface area contributed by atoms with Gasteiger partial charge in [0.1, 0.15) is 5.82 Å². The van der Waals surface area contributed by atoms with Crippen molar-refractivity contribution < 1.29 is 9.72 Å². The van der Waals surface area contributed by atoms with E-state index >= 15 is 0 Å². The number of hydrogen-bond donors (Lipinski definition) is 2. The van der Waals surface area contributed by atoms with Crippen LogP contribution in [0.5, 0.6) is 0 Å². The maximum atomic E-state index is 11.9. The van der Waals surface area contributed by atoms with Gasteiger partial charge in [-0.3, -0.25) is 20.0 Å². The molecular weight excluding hydrogens is 236 g/mol. The number of nitro groups is 1. The smallest absolute Gasteiger partial charge is 0.270 e. The molecule has 0 saturated carbocycles. The molecule has 92 valence electrons. The number of carbonyl (C=O) groups excluding carboxylic acids is 1. The third kappa shape index (κ3) is 2.34. The lowest BCUT2D eigenvalue weighted by Gasteiger charge is -2.03. The maximum Gasteiger partial charge on any atom is 0.270 e. The third-order valence-electron chi connectivity index (χ3n) is 2.39. The average molecular weight is 246 g/mol. The first-order chi connectivity index (χ1) is 8.58. The summed E-state index contributed by atoms with van der Waals surface area (Å²) in [4.78, 5) is 21.9. The van der Waals surface area contributed by atoms with E-state index in [4.69, 9.17) is 0 Å². The number of H-pyrrole nitrogens is 1. The van der Waals surface area contributed by atoms with Crippen LogP contribution in [-0.2, 0) is 0 Å². The molecule has 1 heterocycles. The molecule has 0 aliphatic rings. The molecule has 2 aromatic rings. The molecule has 0 atom stereocenters. The number of anilines is 1. The first-order valence-corrected chi connectivity index (χ1v) is 5.13. The fraction of sp³-hybridized carbons (Fsp3) is 0.0909. The average Bonchev–Trinajstić information content (AvgIpc) is 2.75. The molecule has 0 aliphatic heterocycles. The van der Waals surface area contributed by atoms with E-state index in [1.165, 1.54) is 24.3 Å². The third-order valence-corrected chi connectivity index (χ3v) is 2.39.